The Labute approximate surface area is 85.3 Å². The summed E-state index contributed by atoms with van der Waals surface area (Å²) >= 11 is 5.93. The molecule has 0 aliphatic carbocycles. The molecule has 2 nitrogen and oxygen atoms in total. The predicted molar refractivity (Wildman–Crippen MR) is 54.4 cm³/mol. The molecule has 0 amide bonds. The first kappa shape index (κ1) is 7.83. The van der Waals surface area contributed by atoms with Gasteiger partial charge >= 0.3 is 0 Å². The van der Waals surface area contributed by atoms with Gasteiger partial charge in [0.15, 0.2) is 0 Å². The summed E-state index contributed by atoms with van der Waals surface area (Å²) in [6.07, 6.45) is 1.88. The van der Waals surface area contributed by atoms with E-state index >= 15 is 0 Å². The zero-order valence-corrected chi connectivity index (χ0v) is 8.03. The molecule has 3 rings (SSSR count). The number of hydrogen-bond donors (Lipinski definition) is 0. The van der Waals surface area contributed by atoms with E-state index in [4.69, 9.17) is 16.1 Å². The van der Waals surface area contributed by atoms with Crippen molar-refractivity contribution in [1.29, 1.82) is 0 Å². The third-order valence-electron chi connectivity index (χ3n) is 2.24. The summed E-state index contributed by atoms with van der Waals surface area (Å²) in [6, 6.07) is 11.5. The van der Waals surface area contributed by atoms with Gasteiger partial charge in [-0.05, 0) is 24.3 Å². The Morgan fingerprint density at radius 1 is 1.14 bits per heavy atom. The number of fused-ring (bicyclic) bond motifs is 3. The molecule has 0 aliphatic rings. The van der Waals surface area contributed by atoms with Gasteiger partial charge in [-0.3, -0.25) is 0 Å². The van der Waals surface area contributed by atoms with Gasteiger partial charge in [-0.1, -0.05) is 11.6 Å². The molecule has 3 aromatic rings. The van der Waals surface area contributed by atoms with Crippen LogP contribution in [-0.4, -0.2) is 0 Å². The summed E-state index contributed by atoms with van der Waals surface area (Å²) in [5.41, 5.74) is 1.88. The fourth-order valence-corrected chi connectivity index (χ4v) is 1.78. The second kappa shape index (κ2) is 2.72. The molecular formula is C11H7ClNO+. The van der Waals surface area contributed by atoms with Crippen molar-refractivity contribution >= 4 is 28.1 Å². The topological polar surface area (TPSA) is 17.2 Å². The third kappa shape index (κ3) is 1.01. The molecule has 2 heterocycles. The maximum atomic E-state index is 5.93. The van der Waals surface area contributed by atoms with E-state index in [0.717, 1.165) is 21.5 Å². The van der Waals surface area contributed by atoms with Crippen molar-refractivity contribution in [3.63, 3.8) is 0 Å². The molecule has 3 heteroatoms. The van der Waals surface area contributed by atoms with E-state index in [0.29, 0.717) is 0 Å². The monoisotopic (exact) mass is 204 g/mol. The standard InChI is InChI=1S/C11H7ClNO/c12-8-4-5-11-9(7-8)10-3-1-2-6-13(10)14-11/h1-7H/q+1. The van der Waals surface area contributed by atoms with E-state index in [2.05, 4.69) is 0 Å². The zero-order valence-electron chi connectivity index (χ0n) is 7.27. The zero-order chi connectivity index (χ0) is 9.54. The molecule has 0 fully saturated rings. The minimum atomic E-state index is 0.727. The van der Waals surface area contributed by atoms with Gasteiger partial charge in [0, 0.05) is 21.7 Å². The van der Waals surface area contributed by atoms with E-state index in [1.807, 2.05) is 42.6 Å². The van der Waals surface area contributed by atoms with Crippen LogP contribution in [0.1, 0.15) is 0 Å². The number of pyridine rings is 1. The molecular weight excluding hydrogens is 198 g/mol. The summed E-state index contributed by atoms with van der Waals surface area (Å²) in [4.78, 5) is 0. The molecule has 14 heavy (non-hydrogen) atoms. The average Bonchev–Trinajstić information content (AvgIpc) is 2.56. The molecule has 0 spiro atoms. The van der Waals surface area contributed by atoms with Crippen LogP contribution >= 0.6 is 11.6 Å². The quantitative estimate of drug-likeness (QED) is 0.515. The van der Waals surface area contributed by atoms with Crippen LogP contribution in [0.3, 0.4) is 0 Å². The van der Waals surface area contributed by atoms with Gasteiger partial charge in [0.05, 0.1) is 0 Å². The minimum absolute atomic E-state index is 0.727. The first-order chi connectivity index (χ1) is 6.84. The molecule has 0 N–H and O–H groups in total. The van der Waals surface area contributed by atoms with Crippen LogP contribution in [0, 0.1) is 0 Å². The van der Waals surface area contributed by atoms with Gasteiger partial charge in [0.2, 0.25) is 11.8 Å². The van der Waals surface area contributed by atoms with E-state index in [-0.39, 0.29) is 0 Å². The second-order valence-electron chi connectivity index (χ2n) is 3.14. The molecule has 1 aromatic carbocycles. The molecule has 0 saturated carbocycles. The number of rotatable bonds is 0. The van der Waals surface area contributed by atoms with Crippen molar-refractivity contribution < 1.29 is 9.10 Å². The van der Waals surface area contributed by atoms with E-state index in [1.165, 1.54) is 0 Å². The summed E-state index contributed by atoms with van der Waals surface area (Å²) in [6.45, 7) is 0. The number of nitrogens with zero attached hydrogens (tertiary/aromatic N) is 1. The number of benzene rings is 1. The fraction of sp³-hybridized carbons (Fsp3) is 0. The van der Waals surface area contributed by atoms with Crippen molar-refractivity contribution in [2.75, 3.05) is 0 Å². The van der Waals surface area contributed by atoms with Crippen LogP contribution in [-0.2, 0) is 0 Å². The lowest BCUT2D eigenvalue weighted by atomic mass is 10.2. The predicted octanol–water partition coefficient (Wildman–Crippen LogP) is 2.82. The Balaban J connectivity index is 2.58. The lowest BCUT2D eigenvalue weighted by Crippen LogP contribution is -2.15. The van der Waals surface area contributed by atoms with Crippen LogP contribution in [0.2, 0.25) is 5.02 Å². The van der Waals surface area contributed by atoms with Crippen LogP contribution in [0.15, 0.2) is 47.1 Å². The molecule has 0 bridgehead atoms. The lowest BCUT2D eigenvalue weighted by Gasteiger charge is -1.84. The van der Waals surface area contributed by atoms with Crippen molar-refractivity contribution in [2.45, 2.75) is 0 Å². The van der Waals surface area contributed by atoms with Crippen LogP contribution in [0.5, 0.6) is 0 Å². The van der Waals surface area contributed by atoms with E-state index < -0.39 is 0 Å². The van der Waals surface area contributed by atoms with Crippen LogP contribution in [0.25, 0.3) is 16.5 Å². The third-order valence-corrected chi connectivity index (χ3v) is 2.47. The Morgan fingerprint density at radius 2 is 2.07 bits per heavy atom. The Bertz CT molecular complexity index is 615. The highest BCUT2D eigenvalue weighted by atomic mass is 35.5. The Hall–Kier alpha value is -1.54. The van der Waals surface area contributed by atoms with Crippen LogP contribution in [0.4, 0.5) is 0 Å². The first-order valence-corrected chi connectivity index (χ1v) is 4.71. The highest BCUT2D eigenvalue weighted by Gasteiger charge is 2.13. The second-order valence-corrected chi connectivity index (χ2v) is 3.58. The van der Waals surface area contributed by atoms with Crippen molar-refractivity contribution in [1.82, 2.24) is 0 Å². The summed E-state index contributed by atoms with van der Waals surface area (Å²) < 4.78 is 7.30. The largest absolute Gasteiger partial charge is 0.269 e. The average molecular weight is 205 g/mol. The maximum Gasteiger partial charge on any atom is 0.269 e. The molecule has 0 aliphatic heterocycles. The molecule has 68 valence electrons. The van der Waals surface area contributed by atoms with Crippen molar-refractivity contribution in [3.8, 4) is 0 Å². The SMILES string of the molecule is Clc1ccc2o[n+]3ccccc3c2c1. The van der Waals surface area contributed by atoms with Crippen LogP contribution < -0.4 is 4.57 Å². The van der Waals surface area contributed by atoms with Gasteiger partial charge in [-0.25, -0.2) is 4.52 Å². The molecule has 0 radical (unpaired) electrons. The molecule has 2 aromatic heterocycles. The summed E-state index contributed by atoms with van der Waals surface area (Å²) in [7, 11) is 0. The smallest absolute Gasteiger partial charge is 0.230 e. The van der Waals surface area contributed by atoms with E-state index in [9.17, 15) is 0 Å². The highest BCUT2D eigenvalue weighted by Crippen LogP contribution is 2.21. The van der Waals surface area contributed by atoms with Crippen molar-refractivity contribution in [3.05, 3.63) is 47.6 Å². The minimum Gasteiger partial charge on any atom is -0.230 e. The highest BCUT2D eigenvalue weighted by molar-refractivity contribution is 6.31. The fourth-order valence-electron chi connectivity index (χ4n) is 1.60. The van der Waals surface area contributed by atoms with Crippen molar-refractivity contribution in [2.24, 2.45) is 0 Å². The summed E-state index contributed by atoms with van der Waals surface area (Å²) in [5.74, 6) is 0. The van der Waals surface area contributed by atoms with Gasteiger partial charge in [-0.15, -0.1) is 0 Å². The van der Waals surface area contributed by atoms with E-state index in [1.54, 1.807) is 4.57 Å². The Morgan fingerprint density at radius 3 is 3.00 bits per heavy atom. The number of halogens is 1. The molecule has 0 atom stereocenters. The number of aromatic nitrogens is 1. The summed E-state index contributed by atoms with van der Waals surface area (Å²) in [5, 5.41) is 1.77. The van der Waals surface area contributed by atoms with Gasteiger partial charge in [0.1, 0.15) is 5.39 Å². The lowest BCUT2D eigenvalue weighted by molar-refractivity contribution is -0.712. The first-order valence-electron chi connectivity index (χ1n) is 4.33. The van der Waals surface area contributed by atoms with Gasteiger partial charge < -0.3 is 0 Å². The van der Waals surface area contributed by atoms with Gasteiger partial charge in [0.25, 0.3) is 5.52 Å². The molecule has 0 unspecified atom stereocenters. The maximum absolute atomic E-state index is 5.93. The molecule has 0 saturated heterocycles. The number of hydrogen-bond acceptors (Lipinski definition) is 1. The Kier molecular flexibility index (Phi) is 1.52. The normalized spacial score (nSPS) is 11.2. The van der Waals surface area contributed by atoms with Gasteiger partial charge in [-0.2, -0.15) is 0 Å².